The Kier molecular flexibility index (Phi) is 4.65. The molecule has 2 aromatic heterocycles. The molecular formula is C18H19N3O4. The minimum atomic E-state index is -0.510. The summed E-state index contributed by atoms with van der Waals surface area (Å²) in [5.74, 6) is 0.710. The van der Waals surface area contributed by atoms with Gasteiger partial charge in [-0.05, 0) is 26.0 Å². The average Bonchev–Trinajstić information content (AvgIpc) is 3.20. The van der Waals surface area contributed by atoms with Crippen LogP contribution in [0.15, 0.2) is 33.3 Å². The summed E-state index contributed by atoms with van der Waals surface area (Å²) in [4.78, 5) is 16.6. The highest BCUT2D eigenvalue weighted by Crippen LogP contribution is 2.23. The van der Waals surface area contributed by atoms with Gasteiger partial charge < -0.3 is 13.8 Å². The quantitative estimate of drug-likeness (QED) is 0.651. The second kappa shape index (κ2) is 6.88. The fourth-order valence-electron chi connectivity index (χ4n) is 2.36. The standard InChI is InChI=1S/C18H19N3O4/c1-10(2)16-15(12(4)20-24-16)18(22)23-9-14-19-17(25-21-14)13-7-5-11(3)6-8-13/h5-8,10H,9H2,1-4H3. The molecule has 0 aliphatic rings. The summed E-state index contributed by atoms with van der Waals surface area (Å²) in [7, 11) is 0. The third kappa shape index (κ3) is 3.60. The van der Waals surface area contributed by atoms with Crippen molar-refractivity contribution in [2.24, 2.45) is 0 Å². The SMILES string of the molecule is Cc1ccc(-c2nc(COC(=O)c3c(C)noc3C(C)C)no2)cc1. The molecule has 0 unspecified atom stereocenters. The van der Waals surface area contributed by atoms with Crippen molar-refractivity contribution in [2.45, 2.75) is 40.2 Å². The number of nitrogens with zero attached hydrogens (tertiary/aromatic N) is 3. The highest BCUT2D eigenvalue weighted by Gasteiger charge is 2.24. The van der Waals surface area contributed by atoms with E-state index in [1.54, 1.807) is 6.92 Å². The number of esters is 1. The summed E-state index contributed by atoms with van der Waals surface area (Å²) in [6.45, 7) is 7.46. The Labute approximate surface area is 145 Å². The van der Waals surface area contributed by atoms with E-state index in [4.69, 9.17) is 13.8 Å². The first-order chi connectivity index (χ1) is 12.0. The van der Waals surface area contributed by atoms with E-state index >= 15 is 0 Å². The van der Waals surface area contributed by atoms with E-state index in [0.717, 1.165) is 11.1 Å². The number of rotatable bonds is 5. The second-order valence-electron chi connectivity index (χ2n) is 6.12. The van der Waals surface area contributed by atoms with Crippen molar-refractivity contribution in [1.82, 2.24) is 15.3 Å². The summed E-state index contributed by atoms with van der Waals surface area (Å²) in [6.07, 6.45) is 0. The topological polar surface area (TPSA) is 91.2 Å². The Morgan fingerprint density at radius 1 is 1.12 bits per heavy atom. The molecule has 0 aliphatic heterocycles. The van der Waals surface area contributed by atoms with Crippen LogP contribution in [0.4, 0.5) is 0 Å². The molecule has 7 heteroatoms. The molecule has 0 aliphatic carbocycles. The lowest BCUT2D eigenvalue weighted by Crippen LogP contribution is -2.09. The highest BCUT2D eigenvalue weighted by atomic mass is 16.5. The molecule has 0 saturated carbocycles. The Balaban J connectivity index is 1.69. The van der Waals surface area contributed by atoms with Gasteiger partial charge in [0.25, 0.3) is 5.89 Å². The van der Waals surface area contributed by atoms with Crippen molar-refractivity contribution in [2.75, 3.05) is 0 Å². The Hall–Kier alpha value is -2.96. The van der Waals surface area contributed by atoms with Crippen LogP contribution >= 0.6 is 0 Å². The fourth-order valence-corrected chi connectivity index (χ4v) is 2.36. The largest absolute Gasteiger partial charge is 0.454 e. The molecule has 0 fully saturated rings. The van der Waals surface area contributed by atoms with E-state index in [0.29, 0.717) is 28.7 Å². The molecule has 25 heavy (non-hydrogen) atoms. The molecule has 0 atom stereocenters. The van der Waals surface area contributed by atoms with Gasteiger partial charge in [-0.15, -0.1) is 0 Å². The van der Waals surface area contributed by atoms with Gasteiger partial charge in [-0.3, -0.25) is 0 Å². The highest BCUT2D eigenvalue weighted by molar-refractivity contribution is 5.91. The summed E-state index contributed by atoms with van der Waals surface area (Å²) >= 11 is 0. The van der Waals surface area contributed by atoms with Gasteiger partial charge in [0.15, 0.2) is 12.4 Å². The summed E-state index contributed by atoms with van der Waals surface area (Å²) in [5.41, 5.74) is 2.81. The van der Waals surface area contributed by atoms with Crippen molar-refractivity contribution >= 4 is 5.97 Å². The van der Waals surface area contributed by atoms with E-state index in [1.807, 2.05) is 45.0 Å². The third-order valence-electron chi connectivity index (χ3n) is 3.72. The van der Waals surface area contributed by atoms with Gasteiger partial charge in [0.05, 0.1) is 5.69 Å². The van der Waals surface area contributed by atoms with E-state index in [2.05, 4.69) is 15.3 Å². The number of benzene rings is 1. The van der Waals surface area contributed by atoms with E-state index < -0.39 is 5.97 Å². The van der Waals surface area contributed by atoms with Crippen LogP contribution < -0.4 is 0 Å². The molecule has 3 aromatic rings. The predicted molar refractivity (Wildman–Crippen MR) is 88.9 cm³/mol. The van der Waals surface area contributed by atoms with Crippen LogP contribution in [0.25, 0.3) is 11.5 Å². The first-order valence-electron chi connectivity index (χ1n) is 7.98. The first kappa shape index (κ1) is 16.9. The van der Waals surface area contributed by atoms with Crippen LogP contribution in [0, 0.1) is 13.8 Å². The maximum absolute atomic E-state index is 12.3. The van der Waals surface area contributed by atoms with Gasteiger partial charge in [0, 0.05) is 11.5 Å². The van der Waals surface area contributed by atoms with Crippen molar-refractivity contribution < 1.29 is 18.6 Å². The molecule has 7 nitrogen and oxygen atoms in total. The lowest BCUT2D eigenvalue weighted by molar-refractivity contribution is 0.0455. The van der Waals surface area contributed by atoms with Crippen molar-refractivity contribution in [3.05, 3.63) is 52.7 Å². The van der Waals surface area contributed by atoms with E-state index in [-0.39, 0.29) is 12.5 Å². The lowest BCUT2D eigenvalue weighted by Gasteiger charge is -2.04. The molecule has 0 amide bonds. The molecule has 130 valence electrons. The van der Waals surface area contributed by atoms with Crippen LogP contribution in [0.2, 0.25) is 0 Å². The molecular weight excluding hydrogens is 322 g/mol. The molecule has 0 bridgehead atoms. The average molecular weight is 341 g/mol. The van der Waals surface area contributed by atoms with E-state index in [1.165, 1.54) is 0 Å². The number of carbonyl (C=O) groups excluding carboxylic acids is 1. The third-order valence-corrected chi connectivity index (χ3v) is 3.72. The summed E-state index contributed by atoms with van der Waals surface area (Å²) in [6, 6.07) is 7.71. The molecule has 0 radical (unpaired) electrons. The monoisotopic (exact) mass is 341 g/mol. The number of aryl methyl sites for hydroxylation is 2. The van der Waals surface area contributed by atoms with Crippen LogP contribution in [0.3, 0.4) is 0 Å². The zero-order valence-corrected chi connectivity index (χ0v) is 14.6. The number of ether oxygens (including phenoxy) is 1. The number of hydrogen-bond donors (Lipinski definition) is 0. The summed E-state index contributed by atoms with van der Waals surface area (Å²) in [5, 5.41) is 7.68. The van der Waals surface area contributed by atoms with Gasteiger partial charge in [-0.1, -0.05) is 41.9 Å². The van der Waals surface area contributed by atoms with Crippen LogP contribution in [-0.2, 0) is 11.3 Å². The molecule has 0 N–H and O–H groups in total. The minimum Gasteiger partial charge on any atom is -0.454 e. The molecule has 3 rings (SSSR count). The van der Waals surface area contributed by atoms with Gasteiger partial charge in [-0.25, -0.2) is 4.79 Å². The zero-order chi connectivity index (χ0) is 18.0. The summed E-state index contributed by atoms with van der Waals surface area (Å²) < 4.78 is 15.7. The van der Waals surface area contributed by atoms with Gasteiger partial charge in [-0.2, -0.15) is 4.98 Å². The minimum absolute atomic E-state index is 0.0297. The lowest BCUT2D eigenvalue weighted by atomic mass is 10.1. The maximum atomic E-state index is 12.3. The predicted octanol–water partition coefficient (Wildman–Crippen LogP) is 3.82. The van der Waals surface area contributed by atoms with Crippen LogP contribution in [0.1, 0.15) is 53.0 Å². The van der Waals surface area contributed by atoms with Gasteiger partial charge in [0.1, 0.15) is 5.56 Å². The molecule has 0 saturated heterocycles. The number of carbonyl (C=O) groups is 1. The first-order valence-corrected chi connectivity index (χ1v) is 7.98. The zero-order valence-electron chi connectivity index (χ0n) is 14.6. The van der Waals surface area contributed by atoms with Crippen molar-refractivity contribution in [3.63, 3.8) is 0 Å². The normalized spacial score (nSPS) is 11.1. The Morgan fingerprint density at radius 3 is 2.52 bits per heavy atom. The van der Waals surface area contributed by atoms with Crippen LogP contribution in [0.5, 0.6) is 0 Å². The fraction of sp³-hybridized carbons (Fsp3) is 0.333. The van der Waals surface area contributed by atoms with Crippen LogP contribution in [-0.4, -0.2) is 21.3 Å². The van der Waals surface area contributed by atoms with Gasteiger partial charge in [0.2, 0.25) is 5.82 Å². The number of hydrogen-bond acceptors (Lipinski definition) is 7. The maximum Gasteiger partial charge on any atom is 0.344 e. The number of aromatic nitrogens is 3. The van der Waals surface area contributed by atoms with Gasteiger partial charge >= 0.3 is 5.97 Å². The molecule has 2 heterocycles. The molecule has 1 aromatic carbocycles. The van der Waals surface area contributed by atoms with E-state index in [9.17, 15) is 4.79 Å². The smallest absolute Gasteiger partial charge is 0.344 e. The molecule has 0 spiro atoms. The Bertz CT molecular complexity index is 878. The van der Waals surface area contributed by atoms with Crippen molar-refractivity contribution in [1.29, 1.82) is 0 Å². The Morgan fingerprint density at radius 2 is 1.84 bits per heavy atom. The second-order valence-corrected chi connectivity index (χ2v) is 6.12. The van der Waals surface area contributed by atoms with Crippen molar-refractivity contribution in [3.8, 4) is 11.5 Å².